The van der Waals surface area contributed by atoms with E-state index < -0.39 is 0 Å². The molecule has 2 heterocycles. The van der Waals surface area contributed by atoms with Crippen LogP contribution in [0.4, 0.5) is 5.82 Å². The van der Waals surface area contributed by atoms with E-state index in [9.17, 15) is 10.1 Å². The van der Waals surface area contributed by atoms with E-state index >= 15 is 0 Å². The summed E-state index contributed by atoms with van der Waals surface area (Å²) < 4.78 is 10.5. The van der Waals surface area contributed by atoms with Gasteiger partial charge in [0.25, 0.3) is 0 Å². The van der Waals surface area contributed by atoms with Gasteiger partial charge >= 0.3 is 0 Å². The van der Waals surface area contributed by atoms with E-state index in [1.165, 1.54) is 0 Å². The molecule has 32 heavy (non-hydrogen) atoms. The fourth-order valence-electron chi connectivity index (χ4n) is 4.38. The molecule has 0 bridgehead atoms. The van der Waals surface area contributed by atoms with Crippen molar-refractivity contribution in [3.63, 3.8) is 0 Å². The summed E-state index contributed by atoms with van der Waals surface area (Å²) in [5.74, 6) is 2.06. The molecule has 168 valence electrons. The zero-order valence-corrected chi connectivity index (χ0v) is 19.0. The SMILES string of the molecule is COCCC(=O)N1CCN(c2nc(C3CC3)c(-c3cccc(OC)c3)cc2C#N)CC1C. The van der Waals surface area contributed by atoms with E-state index in [-0.39, 0.29) is 11.9 Å². The number of pyridine rings is 1. The third-order valence-corrected chi connectivity index (χ3v) is 6.26. The van der Waals surface area contributed by atoms with Crippen LogP contribution in [0.1, 0.15) is 43.4 Å². The van der Waals surface area contributed by atoms with Crippen molar-refractivity contribution < 1.29 is 14.3 Å². The molecule has 1 saturated carbocycles. The van der Waals surface area contributed by atoms with Gasteiger partial charge in [-0.25, -0.2) is 4.98 Å². The number of benzene rings is 1. The zero-order valence-electron chi connectivity index (χ0n) is 19.0. The number of piperazine rings is 1. The number of aromatic nitrogens is 1. The van der Waals surface area contributed by atoms with Crippen LogP contribution >= 0.6 is 0 Å². The van der Waals surface area contributed by atoms with Crippen LogP contribution in [0.25, 0.3) is 11.1 Å². The lowest BCUT2D eigenvalue weighted by atomic mass is 9.98. The van der Waals surface area contributed by atoms with Crippen LogP contribution in [0.15, 0.2) is 30.3 Å². The lowest BCUT2D eigenvalue weighted by molar-refractivity contribution is -0.134. The summed E-state index contributed by atoms with van der Waals surface area (Å²) in [4.78, 5) is 21.6. The molecule has 1 aromatic heterocycles. The number of amides is 1. The number of hydrogen-bond acceptors (Lipinski definition) is 6. The molecular weight excluding hydrogens is 404 g/mol. The second-order valence-electron chi connectivity index (χ2n) is 8.54. The maximum absolute atomic E-state index is 12.5. The number of anilines is 1. The Balaban J connectivity index is 1.63. The molecule has 1 aromatic carbocycles. The second-order valence-corrected chi connectivity index (χ2v) is 8.54. The number of ether oxygens (including phenoxy) is 2. The predicted molar refractivity (Wildman–Crippen MR) is 123 cm³/mol. The number of carbonyl (C=O) groups excluding carboxylic acids is 1. The van der Waals surface area contributed by atoms with Gasteiger partial charge in [0.2, 0.25) is 5.91 Å². The monoisotopic (exact) mass is 434 g/mol. The number of rotatable bonds is 7. The van der Waals surface area contributed by atoms with E-state index in [4.69, 9.17) is 14.5 Å². The Morgan fingerprint density at radius 1 is 1.25 bits per heavy atom. The van der Waals surface area contributed by atoms with Gasteiger partial charge in [0, 0.05) is 44.3 Å². The molecule has 2 aromatic rings. The first kappa shape index (κ1) is 22.1. The molecule has 1 aliphatic carbocycles. The van der Waals surface area contributed by atoms with Crippen LogP contribution in [-0.2, 0) is 9.53 Å². The summed E-state index contributed by atoms with van der Waals surface area (Å²) in [5.41, 5.74) is 3.65. The third-order valence-electron chi connectivity index (χ3n) is 6.26. The minimum absolute atomic E-state index is 0.0453. The van der Waals surface area contributed by atoms with Crippen molar-refractivity contribution in [2.45, 2.75) is 38.1 Å². The van der Waals surface area contributed by atoms with Gasteiger partial charge in [0.1, 0.15) is 17.6 Å². The highest BCUT2D eigenvalue weighted by atomic mass is 16.5. The normalized spacial score (nSPS) is 18.4. The molecular formula is C25H30N4O3. The van der Waals surface area contributed by atoms with Crippen molar-refractivity contribution >= 4 is 11.7 Å². The smallest absolute Gasteiger partial charge is 0.225 e. The van der Waals surface area contributed by atoms with E-state index in [0.717, 1.165) is 41.2 Å². The summed E-state index contributed by atoms with van der Waals surface area (Å²) in [6.07, 6.45) is 2.63. The first-order chi connectivity index (χ1) is 15.5. The standard InChI is InChI=1S/C25H30N4O3/c1-17-16-28(10-11-29(17)23(30)9-12-31-2)25-20(15-26)14-22(24(27-25)18-7-8-18)19-5-4-6-21(13-19)32-3/h4-6,13-14,17-18H,7-12,16H2,1-3H3. The van der Waals surface area contributed by atoms with Gasteiger partial charge in [-0.3, -0.25) is 4.79 Å². The number of methoxy groups -OCH3 is 2. The molecule has 1 saturated heterocycles. The molecule has 2 aliphatic rings. The maximum atomic E-state index is 12.5. The van der Waals surface area contributed by atoms with E-state index in [1.807, 2.05) is 35.2 Å². The topological polar surface area (TPSA) is 78.7 Å². The highest BCUT2D eigenvalue weighted by Crippen LogP contribution is 2.45. The highest BCUT2D eigenvalue weighted by molar-refractivity contribution is 5.77. The average Bonchev–Trinajstić information content (AvgIpc) is 3.67. The minimum Gasteiger partial charge on any atom is -0.497 e. The van der Waals surface area contributed by atoms with Crippen molar-refractivity contribution in [2.75, 3.05) is 45.4 Å². The van der Waals surface area contributed by atoms with Gasteiger partial charge < -0.3 is 19.3 Å². The molecule has 2 fully saturated rings. The lowest BCUT2D eigenvalue weighted by Crippen LogP contribution is -2.54. The van der Waals surface area contributed by atoms with Gasteiger partial charge in [-0.05, 0) is 43.5 Å². The van der Waals surface area contributed by atoms with E-state index in [1.54, 1.807) is 14.2 Å². The van der Waals surface area contributed by atoms with E-state index in [0.29, 0.717) is 44.1 Å². The highest BCUT2D eigenvalue weighted by Gasteiger charge is 2.33. The van der Waals surface area contributed by atoms with Gasteiger partial charge in [0.05, 0.1) is 31.4 Å². The van der Waals surface area contributed by atoms with Crippen molar-refractivity contribution in [3.05, 3.63) is 41.6 Å². The molecule has 1 atom stereocenters. The molecule has 4 rings (SSSR count). The molecule has 1 unspecified atom stereocenters. The van der Waals surface area contributed by atoms with Crippen molar-refractivity contribution in [2.24, 2.45) is 0 Å². The van der Waals surface area contributed by atoms with Crippen LogP contribution in [0, 0.1) is 11.3 Å². The Morgan fingerprint density at radius 2 is 2.06 bits per heavy atom. The van der Waals surface area contributed by atoms with Crippen molar-refractivity contribution in [1.82, 2.24) is 9.88 Å². The molecule has 1 amide bonds. The fourth-order valence-corrected chi connectivity index (χ4v) is 4.38. The molecule has 0 radical (unpaired) electrons. The zero-order chi connectivity index (χ0) is 22.7. The minimum atomic E-state index is 0.0453. The summed E-state index contributed by atoms with van der Waals surface area (Å²) in [7, 11) is 3.26. The number of carbonyl (C=O) groups is 1. The summed E-state index contributed by atoms with van der Waals surface area (Å²) in [5, 5.41) is 9.95. The number of nitriles is 1. The number of hydrogen-bond donors (Lipinski definition) is 0. The van der Waals surface area contributed by atoms with Gasteiger partial charge in [-0.15, -0.1) is 0 Å². The van der Waals surface area contributed by atoms with Gasteiger partial charge in [-0.1, -0.05) is 12.1 Å². The van der Waals surface area contributed by atoms with Gasteiger partial charge in [-0.2, -0.15) is 5.26 Å². The molecule has 7 heteroatoms. The first-order valence-corrected chi connectivity index (χ1v) is 11.2. The van der Waals surface area contributed by atoms with Crippen LogP contribution in [0.2, 0.25) is 0 Å². The summed E-state index contributed by atoms with van der Waals surface area (Å²) >= 11 is 0. The molecule has 7 nitrogen and oxygen atoms in total. The van der Waals surface area contributed by atoms with Crippen LogP contribution in [0.5, 0.6) is 5.75 Å². The quantitative estimate of drug-likeness (QED) is 0.663. The van der Waals surface area contributed by atoms with Crippen LogP contribution in [0.3, 0.4) is 0 Å². The lowest BCUT2D eigenvalue weighted by Gasteiger charge is -2.41. The summed E-state index contributed by atoms with van der Waals surface area (Å²) in [6, 6.07) is 12.3. The summed E-state index contributed by atoms with van der Waals surface area (Å²) in [6.45, 7) is 4.42. The Bertz CT molecular complexity index is 1030. The Morgan fingerprint density at radius 3 is 2.72 bits per heavy atom. The maximum Gasteiger partial charge on any atom is 0.225 e. The largest absolute Gasteiger partial charge is 0.497 e. The predicted octanol–water partition coefficient (Wildman–Crippen LogP) is 3.58. The Hall–Kier alpha value is -3.11. The third kappa shape index (κ3) is 4.56. The Kier molecular flexibility index (Phi) is 6.61. The molecule has 1 aliphatic heterocycles. The van der Waals surface area contributed by atoms with Crippen LogP contribution < -0.4 is 9.64 Å². The number of nitrogens with zero attached hydrogens (tertiary/aromatic N) is 4. The van der Waals surface area contributed by atoms with Crippen molar-refractivity contribution in [1.29, 1.82) is 5.26 Å². The first-order valence-electron chi connectivity index (χ1n) is 11.2. The van der Waals surface area contributed by atoms with E-state index in [2.05, 4.69) is 17.9 Å². The second kappa shape index (κ2) is 9.58. The average molecular weight is 435 g/mol. The Labute approximate surface area is 189 Å². The van der Waals surface area contributed by atoms with Crippen molar-refractivity contribution in [3.8, 4) is 22.9 Å². The fraction of sp³-hybridized carbons (Fsp3) is 0.480. The molecule has 0 N–H and O–H groups in total. The van der Waals surface area contributed by atoms with Crippen LogP contribution in [-0.4, -0.2) is 62.3 Å². The molecule has 0 spiro atoms. The van der Waals surface area contributed by atoms with Gasteiger partial charge in [0.15, 0.2) is 0 Å².